The monoisotopic (exact) mass is 363 g/mol. The van der Waals surface area contributed by atoms with Crippen molar-refractivity contribution in [1.82, 2.24) is 14.8 Å². The summed E-state index contributed by atoms with van der Waals surface area (Å²) in [5.74, 6) is 0.238. The molecule has 140 valence electrons. The summed E-state index contributed by atoms with van der Waals surface area (Å²) in [5, 5.41) is 0. The fraction of sp³-hybridized carbons (Fsp3) is 0.409. The van der Waals surface area contributed by atoms with Gasteiger partial charge in [0.15, 0.2) is 0 Å². The molecule has 2 amide bonds. The Kier molecular flexibility index (Phi) is 4.46. The molecule has 5 heteroatoms. The largest absolute Gasteiger partial charge is 0.339 e. The number of rotatable bonds is 3. The maximum absolute atomic E-state index is 13.1. The summed E-state index contributed by atoms with van der Waals surface area (Å²) in [5.41, 5.74) is 1.42. The van der Waals surface area contributed by atoms with Crippen LogP contribution in [0.25, 0.3) is 0 Å². The lowest BCUT2D eigenvalue weighted by Crippen LogP contribution is -2.68. The molecule has 2 fully saturated rings. The second-order valence-corrected chi connectivity index (χ2v) is 7.81. The number of hydrogen-bond donors (Lipinski definition) is 0. The van der Waals surface area contributed by atoms with Crippen molar-refractivity contribution in [3.63, 3.8) is 0 Å². The van der Waals surface area contributed by atoms with Crippen LogP contribution in [0.1, 0.15) is 48.7 Å². The molecule has 2 saturated heterocycles. The third kappa shape index (κ3) is 2.82. The molecule has 0 aliphatic carbocycles. The Labute approximate surface area is 160 Å². The van der Waals surface area contributed by atoms with Crippen LogP contribution in [-0.4, -0.2) is 45.7 Å². The lowest BCUT2D eigenvalue weighted by Gasteiger charge is -2.60. The smallest absolute Gasteiger partial charge is 0.255 e. The van der Waals surface area contributed by atoms with Crippen molar-refractivity contribution in [1.29, 1.82) is 0 Å². The van der Waals surface area contributed by atoms with Gasteiger partial charge in [0.1, 0.15) is 0 Å². The van der Waals surface area contributed by atoms with E-state index < -0.39 is 0 Å². The molecule has 1 aromatic carbocycles. The number of carbonyl (C=O) groups is 2. The van der Waals surface area contributed by atoms with E-state index in [1.165, 1.54) is 5.56 Å². The molecule has 4 rings (SSSR count). The minimum atomic E-state index is -0.378. The molecular weight excluding hydrogens is 338 g/mol. The van der Waals surface area contributed by atoms with E-state index in [9.17, 15) is 9.59 Å². The highest BCUT2D eigenvalue weighted by Crippen LogP contribution is 2.56. The van der Waals surface area contributed by atoms with Gasteiger partial charge in [-0.2, -0.15) is 0 Å². The van der Waals surface area contributed by atoms with E-state index in [4.69, 9.17) is 0 Å². The number of amides is 2. The molecule has 0 bridgehead atoms. The molecule has 1 atom stereocenters. The summed E-state index contributed by atoms with van der Waals surface area (Å²) in [6.45, 7) is 5.35. The number of piperidine rings is 1. The van der Waals surface area contributed by atoms with Crippen molar-refractivity contribution in [2.24, 2.45) is 5.41 Å². The molecule has 0 radical (unpaired) electrons. The highest BCUT2D eigenvalue weighted by atomic mass is 16.2. The first-order valence-corrected chi connectivity index (χ1v) is 9.61. The number of likely N-dealkylation sites (tertiary alicyclic amines) is 2. The van der Waals surface area contributed by atoms with Crippen LogP contribution in [-0.2, 0) is 4.79 Å². The highest BCUT2D eigenvalue weighted by molar-refractivity contribution is 5.95. The van der Waals surface area contributed by atoms with E-state index in [0.717, 1.165) is 0 Å². The van der Waals surface area contributed by atoms with Crippen LogP contribution in [0.15, 0.2) is 54.9 Å². The zero-order valence-electron chi connectivity index (χ0n) is 15.8. The standard InChI is InChI=1S/C22H25N3O2/c1-16(2)25-19(17-7-4-3-5-8-17)22(21(25)27)10-13-24(14-11-22)20(26)18-9-6-12-23-15-18/h3-9,12,15-16,19H,10-11,13-14H2,1-2H3. The van der Waals surface area contributed by atoms with Gasteiger partial charge in [-0.3, -0.25) is 14.6 Å². The van der Waals surface area contributed by atoms with Gasteiger partial charge < -0.3 is 9.80 Å². The van der Waals surface area contributed by atoms with Crippen molar-refractivity contribution < 1.29 is 9.59 Å². The average Bonchev–Trinajstić information content (AvgIpc) is 2.72. The lowest BCUT2D eigenvalue weighted by molar-refractivity contribution is -0.184. The van der Waals surface area contributed by atoms with Crippen LogP contribution in [0.3, 0.4) is 0 Å². The molecule has 2 aliphatic heterocycles. The summed E-state index contributed by atoms with van der Waals surface area (Å²) in [7, 11) is 0. The molecule has 1 unspecified atom stereocenters. The molecule has 3 heterocycles. The second kappa shape index (κ2) is 6.80. The molecule has 2 aliphatic rings. The topological polar surface area (TPSA) is 53.5 Å². The average molecular weight is 363 g/mol. The molecule has 0 N–H and O–H groups in total. The molecule has 1 aromatic heterocycles. The predicted molar refractivity (Wildman–Crippen MR) is 103 cm³/mol. The Morgan fingerprint density at radius 2 is 1.81 bits per heavy atom. The highest BCUT2D eigenvalue weighted by Gasteiger charge is 2.62. The lowest BCUT2D eigenvalue weighted by atomic mass is 9.61. The maximum atomic E-state index is 13.1. The molecule has 0 saturated carbocycles. The molecule has 1 spiro atoms. The third-order valence-electron chi connectivity index (χ3n) is 5.99. The fourth-order valence-electron chi connectivity index (χ4n) is 4.61. The van der Waals surface area contributed by atoms with E-state index in [0.29, 0.717) is 31.5 Å². The van der Waals surface area contributed by atoms with Crippen molar-refractivity contribution in [3.8, 4) is 0 Å². The Morgan fingerprint density at radius 1 is 1.11 bits per heavy atom. The zero-order chi connectivity index (χ0) is 19.0. The van der Waals surface area contributed by atoms with E-state index in [2.05, 4.69) is 31.0 Å². The van der Waals surface area contributed by atoms with Gasteiger partial charge in [0.05, 0.1) is 17.0 Å². The summed E-state index contributed by atoms with van der Waals surface area (Å²) in [4.78, 5) is 33.7. The quantitative estimate of drug-likeness (QED) is 0.786. The second-order valence-electron chi connectivity index (χ2n) is 7.81. The van der Waals surface area contributed by atoms with Gasteiger partial charge in [-0.1, -0.05) is 30.3 Å². The normalized spacial score (nSPS) is 21.4. The maximum Gasteiger partial charge on any atom is 0.255 e. The minimum absolute atomic E-state index is 0.00157. The van der Waals surface area contributed by atoms with Crippen LogP contribution in [0.2, 0.25) is 0 Å². The SMILES string of the molecule is CC(C)N1C(=O)C2(CCN(C(=O)c3cccnc3)CC2)C1c1ccccc1. The number of carbonyl (C=O) groups excluding carboxylic acids is 2. The van der Waals surface area contributed by atoms with Gasteiger partial charge >= 0.3 is 0 Å². The zero-order valence-corrected chi connectivity index (χ0v) is 15.8. The third-order valence-corrected chi connectivity index (χ3v) is 5.99. The van der Waals surface area contributed by atoms with Gasteiger partial charge in [0.2, 0.25) is 5.91 Å². The number of aromatic nitrogens is 1. The first kappa shape index (κ1) is 17.7. The minimum Gasteiger partial charge on any atom is -0.339 e. The molecular formula is C22H25N3O2. The van der Waals surface area contributed by atoms with Crippen molar-refractivity contribution in [3.05, 3.63) is 66.0 Å². The van der Waals surface area contributed by atoms with Crippen LogP contribution in [0, 0.1) is 5.41 Å². The summed E-state index contributed by atoms with van der Waals surface area (Å²) < 4.78 is 0. The Hall–Kier alpha value is -2.69. The number of benzene rings is 1. The predicted octanol–water partition coefficient (Wildman–Crippen LogP) is 3.30. The van der Waals surface area contributed by atoms with Crippen molar-refractivity contribution >= 4 is 11.8 Å². The molecule has 27 heavy (non-hydrogen) atoms. The Balaban J connectivity index is 1.55. The van der Waals surface area contributed by atoms with E-state index in [1.54, 1.807) is 24.5 Å². The summed E-state index contributed by atoms with van der Waals surface area (Å²) >= 11 is 0. The number of nitrogens with zero attached hydrogens (tertiary/aromatic N) is 3. The van der Waals surface area contributed by atoms with Gasteiger partial charge in [-0.25, -0.2) is 0 Å². The summed E-state index contributed by atoms with van der Waals surface area (Å²) in [6, 6.07) is 14.1. The van der Waals surface area contributed by atoms with Gasteiger partial charge in [0, 0.05) is 31.5 Å². The van der Waals surface area contributed by atoms with Crippen LogP contribution < -0.4 is 0 Å². The van der Waals surface area contributed by atoms with E-state index in [-0.39, 0.29) is 29.3 Å². The van der Waals surface area contributed by atoms with Gasteiger partial charge in [-0.05, 0) is 44.4 Å². The van der Waals surface area contributed by atoms with Crippen molar-refractivity contribution in [2.45, 2.75) is 38.8 Å². The molecule has 5 nitrogen and oxygen atoms in total. The number of hydrogen-bond acceptors (Lipinski definition) is 3. The molecule has 2 aromatic rings. The number of pyridine rings is 1. The van der Waals surface area contributed by atoms with E-state index >= 15 is 0 Å². The number of β-lactam (4-membered cyclic amide) rings is 1. The summed E-state index contributed by atoms with van der Waals surface area (Å²) in [6.07, 6.45) is 4.69. The Morgan fingerprint density at radius 3 is 2.41 bits per heavy atom. The first-order valence-electron chi connectivity index (χ1n) is 9.61. The van der Waals surface area contributed by atoms with Crippen LogP contribution in [0.4, 0.5) is 0 Å². The fourth-order valence-corrected chi connectivity index (χ4v) is 4.61. The first-order chi connectivity index (χ1) is 13.0. The van der Waals surface area contributed by atoms with Crippen LogP contribution in [0.5, 0.6) is 0 Å². The Bertz CT molecular complexity index is 827. The van der Waals surface area contributed by atoms with Crippen LogP contribution >= 0.6 is 0 Å². The van der Waals surface area contributed by atoms with Crippen molar-refractivity contribution in [2.75, 3.05) is 13.1 Å². The van der Waals surface area contributed by atoms with Gasteiger partial charge in [-0.15, -0.1) is 0 Å². The van der Waals surface area contributed by atoms with Gasteiger partial charge in [0.25, 0.3) is 5.91 Å². The van der Waals surface area contributed by atoms with E-state index in [1.807, 2.05) is 28.0 Å².